The zero-order chi connectivity index (χ0) is 19.5. The molecule has 0 aromatic heterocycles. The van der Waals surface area contributed by atoms with E-state index >= 15 is 0 Å². The molecule has 0 spiro atoms. The lowest BCUT2D eigenvalue weighted by Gasteiger charge is -2.14. The summed E-state index contributed by atoms with van der Waals surface area (Å²) in [5, 5.41) is 16.4. The van der Waals surface area contributed by atoms with E-state index in [4.69, 9.17) is 4.74 Å². The second-order valence-corrected chi connectivity index (χ2v) is 6.27. The number of aryl methyl sites for hydroxylation is 1. The Bertz CT molecular complexity index is 737. The van der Waals surface area contributed by atoms with Crippen LogP contribution in [0.15, 0.2) is 53.5 Å². The van der Waals surface area contributed by atoms with Gasteiger partial charge >= 0.3 is 0 Å². The van der Waals surface area contributed by atoms with E-state index < -0.39 is 6.10 Å². The highest BCUT2D eigenvalue weighted by molar-refractivity contribution is 5.79. The fourth-order valence-corrected chi connectivity index (χ4v) is 2.51. The van der Waals surface area contributed by atoms with Crippen molar-refractivity contribution in [1.82, 2.24) is 10.6 Å². The van der Waals surface area contributed by atoms with Crippen LogP contribution in [0.25, 0.3) is 0 Å². The van der Waals surface area contributed by atoms with Gasteiger partial charge in [0.1, 0.15) is 24.3 Å². The average molecular weight is 373 g/mol. The summed E-state index contributed by atoms with van der Waals surface area (Å²) in [6.07, 6.45) is -0.164. The van der Waals surface area contributed by atoms with Gasteiger partial charge in [0.15, 0.2) is 5.96 Å². The predicted octanol–water partition coefficient (Wildman–Crippen LogP) is 2.67. The molecule has 27 heavy (non-hydrogen) atoms. The van der Waals surface area contributed by atoms with Gasteiger partial charge in [-0.2, -0.15) is 0 Å². The van der Waals surface area contributed by atoms with Crippen LogP contribution in [0, 0.1) is 12.7 Å². The molecule has 2 rings (SSSR count). The molecule has 0 radical (unpaired) electrons. The molecule has 0 aliphatic rings. The fraction of sp³-hybridized carbons (Fsp3) is 0.381. The minimum Gasteiger partial charge on any atom is -0.491 e. The summed E-state index contributed by atoms with van der Waals surface area (Å²) < 4.78 is 19.2. The number of benzene rings is 2. The van der Waals surface area contributed by atoms with Gasteiger partial charge in [-0.05, 0) is 49.6 Å². The number of hydrogen-bond acceptors (Lipinski definition) is 3. The Morgan fingerprint density at radius 1 is 1.19 bits per heavy atom. The molecule has 0 aliphatic heterocycles. The Hall–Kier alpha value is -2.60. The molecule has 0 saturated carbocycles. The molecule has 2 aromatic carbocycles. The third-order valence-electron chi connectivity index (χ3n) is 3.88. The van der Waals surface area contributed by atoms with Crippen molar-refractivity contribution >= 4 is 5.96 Å². The number of halogens is 1. The number of nitrogens with one attached hydrogen (secondary N) is 2. The summed E-state index contributed by atoms with van der Waals surface area (Å²) in [6.45, 7) is 5.57. The van der Waals surface area contributed by atoms with Gasteiger partial charge in [-0.3, -0.25) is 4.99 Å². The molecule has 2 aromatic rings. The third-order valence-corrected chi connectivity index (χ3v) is 3.88. The molecule has 1 unspecified atom stereocenters. The normalized spacial score (nSPS) is 12.5. The maximum atomic E-state index is 13.6. The fourth-order valence-electron chi connectivity index (χ4n) is 2.51. The van der Waals surface area contributed by atoms with Crippen LogP contribution in [-0.2, 0) is 6.42 Å². The van der Waals surface area contributed by atoms with Gasteiger partial charge in [0, 0.05) is 13.1 Å². The molecule has 0 heterocycles. The van der Waals surface area contributed by atoms with Crippen molar-refractivity contribution in [2.75, 3.05) is 26.2 Å². The van der Waals surface area contributed by atoms with Gasteiger partial charge in [-0.25, -0.2) is 4.39 Å². The smallest absolute Gasteiger partial charge is 0.191 e. The lowest BCUT2D eigenvalue weighted by Crippen LogP contribution is -2.39. The van der Waals surface area contributed by atoms with Crippen molar-refractivity contribution in [1.29, 1.82) is 0 Å². The van der Waals surface area contributed by atoms with E-state index in [0.29, 0.717) is 31.0 Å². The summed E-state index contributed by atoms with van der Waals surface area (Å²) in [4.78, 5) is 4.37. The first-order valence-corrected chi connectivity index (χ1v) is 9.21. The van der Waals surface area contributed by atoms with Crippen LogP contribution in [-0.4, -0.2) is 43.4 Å². The number of rotatable bonds is 9. The molecule has 6 heteroatoms. The highest BCUT2D eigenvalue weighted by atomic mass is 19.1. The molecule has 1 atom stereocenters. The van der Waals surface area contributed by atoms with Crippen molar-refractivity contribution in [3.8, 4) is 5.75 Å². The van der Waals surface area contributed by atoms with E-state index in [-0.39, 0.29) is 19.0 Å². The monoisotopic (exact) mass is 373 g/mol. The lowest BCUT2D eigenvalue weighted by atomic mass is 10.1. The summed E-state index contributed by atoms with van der Waals surface area (Å²) in [7, 11) is 0. The molecule has 3 N–H and O–H groups in total. The first-order valence-electron chi connectivity index (χ1n) is 9.21. The summed E-state index contributed by atoms with van der Waals surface area (Å²) >= 11 is 0. The number of ether oxygens (including phenoxy) is 1. The maximum absolute atomic E-state index is 13.6. The summed E-state index contributed by atoms with van der Waals surface area (Å²) in [5.41, 5.74) is 1.76. The largest absolute Gasteiger partial charge is 0.491 e. The van der Waals surface area contributed by atoms with Crippen LogP contribution in [0.1, 0.15) is 18.1 Å². The molecule has 0 amide bonds. The van der Waals surface area contributed by atoms with E-state index in [1.54, 1.807) is 12.1 Å². The van der Waals surface area contributed by atoms with E-state index in [9.17, 15) is 9.50 Å². The highest BCUT2D eigenvalue weighted by Crippen LogP contribution is 2.12. The highest BCUT2D eigenvalue weighted by Gasteiger charge is 2.07. The van der Waals surface area contributed by atoms with Crippen LogP contribution >= 0.6 is 0 Å². The Balaban J connectivity index is 1.78. The zero-order valence-corrected chi connectivity index (χ0v) is 15.9. The van der Waals surface area contributed by atoms with Crippen LogP contribution in [0.2, 0.25) is 0 Å². The molecular weight excluding hydrogens is 345 g/mol. The van der Waals surface area contributed by atoms with Crippen molar-refractivity contribution in [3.63, 3.8) is 0 Å². The SMILES string of the molecule is CCNC(=NCC(O)COc1cccc(C)c1)NCCc1ccccc1F. The van der Waals surface area contributed by atoms with Gasteiger partial charge < -0.3 is 20.5 Å². The molecule has 146 valence electrons. The minimum absolute atomic E-state index is 0.168. The standard InChI is InChI=1S/C21H28FN3O2/c1-3-23-21(24-12-11-17-8-4-5-10-20(17)22)25-14-18(26)15-27-19-9-6-7-16(2)13-19/h4-10,13,18,26H,3,11-12,14-15H2,1-2H3,(H2,23,24,25). The molecule has 0 bridgehead atoms. The zero-order valence-electron chi connectivity index (χ0n) is 15.9. The quantitative estimate of drug-likeness (QED) is 0.467. The van der Waals surface area contributed by atoms with Gasteiger partial charge in [0.25, 0.3) is 0 Å². The maximum Gasteiger partial charge on any atom is 0.191 e. The number of aliphatic hydroxyl groups excluding tert-OH is 1. The Morgan fingerprint density at radius 3 is 2.74 bits per heavy atom. The summed E-state index contributed by atoms with van der Waals surface area (Å²) in [6, 6.07) is 14.4. The second-order valence-electron chi connectivity index (χ2n) is 6.27. The third kappa shape index (κ3) is 7.66. The van der Waals surface area contributed by atoms with E-state index in [2.05, 4.69) is 15.6 Å². The molecular formula is C21H28FN3O2. The molecule has 0 aliphatic carbocycles. The average Bonchev–Trinajstić information content (AvgIpc) is 2.66. The number of guanidine groups is 1. The molecule has 0 saturated heterocycles. The topological polar surface area (TPSA) is 65.9 Å². The van der Waals surface area contributed by atoms with Crippen LogP contribution in [0.4, 0.5) is 4.39 Å². The van der Waals surface area contributed by atoms with Crippen LogP contribution in [0.5, 0.6) is 5.75 Å². The minimum atomic E-state index is -0.715. The first kappa shape index (κ1) is 20.7. The number of aliphatic imine (C=N–C) groups is 1. The van der Waals surface area contributed by atoms with Crippen LogP contribution < -0.4 is 15.4 Å². The first-order chi connectivity index (χ1) is 13.1. The second kappa shape index (κ2) is 11.2. The van der Waals surface area contributed by atoms with Crippen molar-refractivity contribution in [2.24, 2.45) is 4.99 Å². The van der Waals surface area contributed by atoms with Crippen LogP contribution in [0.3, 0.4) is 0 Å². The van der Waals surface area contributed by atoms with Crippen molar-refractivity contribution < 1.29 is 14.2 Å². The van der Waals surface area contributed by atoms with E-state index in [0.717, 1.165) is 11.3 Å². The summed E-state index contributed by atoms with van der Waals surface area (Å²) in [5.74, 6) is 1.11. The van der Waals surface area contributed by atoms with Crippen molar-refractivity contribution in [3.05, 3.63) is 65.5 Å². The van der Waals surface area contributed by atoms with Gasteiger partial charge in [-0.1, -0.05) is 30.3 Å². The number of aliphatic hydroxyl groups is 1. The molecule has 5 nitrogen and oxygen atoms in total. The van der Waals surface area contributed by atoms with E-state index in [1.165, 1.54) is 6.07 Å². The molecule has 0 fully saturated rings. The number of hydrogen-bond donors (Lipinski definition) is 3. The van der Waals surface area contributed by atoms with Gasteiger partial charge in [0.05, 0.1) is 6.54 Å². The van der Waals surface area contributed by atoms with Gasteiger partial charge in [0.2, 0.25) is 0 Å². The Morgan fingerprint density at radius 2 is 2.00 bits per heavy atom. The Kier molecular flexibility index (Phi) is 8.58. The number of nitrogens with zero attached hydrogens (tertiary/aromatic N) is 1. The Labute approximate surface area is 160 Å². The van der Waals surface area contributed by atoms with E-state index in [1.807, 2.05) is 44.2 Å². The van der Waals surface area contributed by atoms with Crippen molar-refractivity contribution in [2.45, 2.75) is 26.4 Å². The lowest BCUT2D eigenvalue weighted by molar-refractivity contribution is 0.114. The predicted molar refractivity (Wildman–Crippen MR) is 107 cm³/mol. The van der Waals surface area contributed by atoms with Gasteiger partial charge in [-0.15, -0.1) is 0 Å².